The molecule has 0 unspecified atom stereocenters. The van der Waals surface area contributed by atoms with Crippen LogP contribution in [-0.2, 0) is 6.54 Å². The Labute approximate surface area is 173 Å². The third-order valence-corrected chi connectivity index (χ3v) is 6.12. The lowest BCUT2D eigenvalue weighted by Crippen LogP contribution is -2.36. The molecule has 154 valence electrons. The molecule has 0 amide bonds. The van der Waals surface area contributed by atoms with E-state index in [1.807, 2.05) is 0 Å². The quantitative estimate of drug-likeness (QED) is 0.347. The van der Waals surface area contributed by atoms with Crippen molar-refractivity contribution in [1.82, 2.24) is 20.5 Å². The molecule has 6 N–H and O–H groups in total. The molecule has 4 aromatic rings. The third kappa shape index (κ3) is 3.58. The number of fused-ring (bicyclic) bond motifs is 2. The molecule has 1 fully saturated rings. The number of carboxylic acids is 1. The fraction of sp³-hybridized carbons (Fsp3) is 0.304. The van der Waals surface area contributed by atoms with E-state index < -0.39 is 5.97 Å². The van der Waals surface area contributed by atoms with E-state index in [9.17, 15) is 9.90 Å². The van der Waals surface area contributed by atoms with Gasteiger partial charge in [-0.05, 0) is 67.6 Å². The molecular weight excluding hydrogens is 378 g/mol. The molecule has 0 atom stereocenters. The Hall–Kier alpha value is -3.16. The van der Waals surface area contributed by atoms with Gasteiger partial charge in [0.1, 0.15) is 5.69 Å². The molecule has 7 heteroatoms. The highest BCUT2D eigenvalue weighted by Gasteiger charge is 2.18. The van der Waals surface area contributed by atoms with Crippen LogP contribution in [0.4, 0.5) is 0 Å². The zero-order valence-electron chi connectivity index (χ0n) is 16.6. The van der Waals surface area contributed by atoms with Crippen LogP contribution in [-0.4, -0.2) is 38.3 Å². The molecule has 30 heavy (non-hydrogen) atoms. The summed E-state index contributed by atoms with van der Waals surface area (Å²) < 4.78 is 0. The summed E-state index contributed by atoms with van der Waals surface area (Å²) in [6.07, 6.45) is 4.49. The number of nitrogens with two attached hydrogens (primary N) is 1. The second-order valence-electron chi connectivity index (χ2n) is 8.23. The van der Waals surface area contributed by atoms with Gasteiger partial charge in [0.05, 0.1) is 16.8 Å². The number of carbonyl (C=O) groups is 1. The number of rotatable bonds is 5. The lowest BCUT2D eigenvalue weighted by Gasteiger charge is -2.27. The van der Waals surface area contributed by atoms with Crippen molar-refractivity contribution in [2.45, 2.75) is 44.3 Å². The van der Waals surface area contributed by atoms with Crippen LogP contribution in [0.15, 0.2) is 42.5 Å². The van der Waals surface area contributed by atoms with Crippen LogP contribution in [0.25, 0.3) is 33.2 Å². The number of aromatic amines is 2. The molecule has 5 rings (SSSR count). The van der Waals surface area contributed by atoms with Gasteiger partial charge in [-0.15, -0.1) is 0 Å². The molecule has 1 aliphatic rings. The maximum Gasteiger partial charge on any atom is 0.335 e. The lowest BCUT2D eigenvalue weighted by atomic mass is 9.92. The van der Waals surface area contributed by atoms with Crippen molar-refractivity contribution in [1.29, 1.82) is 0 Å². The van der Waals surface area contributed by atoms with Gasteiger partial charge < -0.3 is 21.1 Å². The molecule has 2 aromatic heterocycles. The molecule has 2 aromatic carbocycles. The van der Waals surface area contributed by atoms with E-state index in [0.717, 1.165) is 59.9 Å². The zero-order valence-corrected chi connectivity index (χ0v) is 16.6. The summed E-state index contributed by atoms with van der Waals surface area (Å²) in [6.45, 7) is 0.847. The number of aromatic carboxylic acids is 1. The van der Waals surface area contributed by atoms with Gasteiger partial charge in [0.25, 0.3) is 0 Å². The predicted octanol–water partition coefficient (Wildman–Crippen LogP) is 3.77. The molecule has 0 radical (unpaired) electrons. The van der Waals surface area contributed by atoms with Crippen LogP contribution in [0, 0.1) is 0 Å². The SMILES string of the molecule is NC1CCC(NCc2ccc3[nH]c(-c4n[nH]c5cc(C(=O)O)ccc45)cc3c2)CC1. The molecule has 0 saturated heterocycles. The van der Waals surface area contributed by atoms with Gasteiger partial charge in [-0.2, -0.15) is 5.10 Å². The van der Waals surface area contributed by atoms with Gasteiger partial charge in [0.15, 0.2) is 0 Å². The standard InChI is InChI=1S/C23H25N5O2/c24-16-3-5-17(6-4-16)25-12-13-1-8-19-15(9-13)11-21(26-19)22-18-7-2-14(23(29)30)10-20(18)27-28-22/h1-2,7-11,16-17,25-26H,3-6,12,24H2,(H,27,28)(H,29,30). The van der Waals surface area contributed by atoms with Gasteiger partial charge in [-0.25, -0.2) is 4.79 Å². The Morgan fingerprint density at radius 1 is 1.10 bits per heavy atom. The minimum absolute atomic E-state index is 0.242. The van der Waals surface area contributed by atoms with Crippen LogP contribution in [0.2, 0.25) is 0 Å². The topological polar surface area (TPSA) is 120 Å². The van der Waals surface area contributed by atoms with Crippen molar-refractivity contribution < 1.29 is 9.90 Å². The van der Waals surface area contributed by atoms with Crippen LogP contribution >= 0.6 is 0 Å². The first kappa shape index (κ1) is 18.8. The Kier molecular flexibility index (Phi) is 4.77. The van der Waals surface area contributed by atoms with E-state index in [1.54, 1.807) is 18.2 Å². The fourth-order valence-electron chi connectivity index (χ4n) is 4.36. The van der Waals surface area contributed by atoms with Gasteiger partial charge >= 0.3 is 5.97 Å². The Morgan fingerprint density at radius 2 is 1.93 bits per heavy atom. The van der Waals surface area contributed by atoms with Gasteiger partial charge in [-0.3, -0.25) is 5.10 Å². The van der Waals surface area contributed by atoms with Gasteiger partial charge in [0.2, 0.25) is 0 Å². The molecule has 0 bridgehead atoms. The summed E-state index contributed by atoms with van der Waals surface area (Å²) in [4.78, 5) is 14.6. The van der Waals surface area contributed by atoms with Crippen molar-refractivity contribution in [2.75, 3.05) is 0 Å². The van der Waals surface area contributed by atoms with E-state index in [4.69, 9.17) is 5.73 Å². The Morgan fingerprint density at radius 3 is 2.73 bits per heavy atom. The number of carboxylic acid groups (broad SMARTS) is 1. The lowest BCUT2D eigenvalue weighted by molar-refractivity contribution is 0.0697. The van der Waals surface area contributed by atoms with E-state index in [1.165, 1.54) is 5.56 Å². The minimum atomic E-state index is -0.948. The van der Waals surface area contributed by atoms with Gasteiger partial charge in [-0.1, -0.05) is 6.07 Å². The van der Waals surface area contributed by atoms with Crippen LogP contribution in [0.1, 0.15) is 41.6 Å². The average Bonchev–Trinajstić information content (AvgIpc) is 3.36. The molecule has 0 aliphatic heterocycles. The van der Waals surface area contributed by atoms with Crippen molar-refractivity contribution >= 4 is 27.8 Å². The first-order chi connectivity index (χ1) is 14.6. The fourth-order valence-corrected chi connectivity index (χ4v) is 4.36. The number of H-pyrrole nitrogens is 2. The zero-order chi connectivity index (χ0) is 20.7. The van der Waals surface area contributed by atoms with Crippen LogP contribution in [0.5, 0.6) is 0 Å². The molecule has 2 heterocycles. The molecule has 7 nitrogen and oxygen atoms in total. The molecule has 1 aliphatic carbocycles. The maximum atomic E-state index is 11.2. The Balaban J connectivity index is 1.37. The highest BCUT2D eigenvalue weighted by molar-refractivity contribution is 5.99. The minimum Gasteiger partial charge on any atom is -0.478 e. The predicted molar refractivity (Wildman–Crippen MR) is 117 cm³/mol. The summed E-state index contributed by atoms with van der Waals surface area (Å²) in [5.41, 5.74) is 10.9. The summed E-state index contributed by atoms with van der Waals surface area (Å²) in [6, 6.07) is 14.5. The monoisotopic (exact) mass is 403 g/mol. The van der Waals surface area contributed by atoms with Crippen molar-refractivity contribution in [3.63, 3.8) is 0 Å². The smallest absolute Gasteiger partial charge is 0.335 e. The third-order valence-electron chi connectivity index (χ3n) is 6.12. The van der Waals surface area contributed by atoms with Crippen LogP contribution in [0.3, 0.4) is 0 Å². The summed E-state index contributed by atoms with van der Waals surface area (Å²) in [5.74, 6) is -0.948. The Bertz CT molecular complexity index is 1220. The first-order valence-electron chi connectivity index (χ1n) is 10.4. The van der Waals surface area contributed by atoms with E-state index in [2.05, 4.69) is 44.8 Å². The number of nitrogens with one attached hydrogen (secondary N) is 3. The second kappa shape index (κ2) is 7.59. The van der Waals surface area contributed by atoms with Crippen molar-refractivity contribution in [3.05, 3.63) is 53.6 Å². The van der Waals surface area contributed by atoms with Crippen molar-refractivity contribution in [2.24, 2.45) is 5.73 Å². The number of nitrogens with zero attached hydrogens (tertiary/aromatic N) is 1. The molecule has 0 spiro atoms. The summed E-state index contributed by atoms with van der Waals surface area (Å²) in [5, 5.41) is 22.2. The van der Waals surface area contributed by atoms with Crippen molar-refractivity contribution in [3.8, 4) is 11.4 Å². The summed E-state index contributed by atoms with van der Waals surface area (Å²) >= 11 is 0. The number of benzene rings is 2. The largest absolute Gasteiger partial charge is 0.478 e. The maximum absolute atomic E-state index is 11.2. The molecule has 1 saturated carbocycles. The second-order valence-corrected chi connectivity index (χ2v) is 8.23. The first-order valence-corrected chi connectivity index (χ1v) is 10.4. The normalized spacial score (nSPS) is 19.5. The number of aromatic nitrogens is 3. The van der Waals surface area contributed by atoms with E-state index >= 15 is 0 Å². The molecular formula is C23H25N5O2. The van der Waals surface area contributed by atoms with E-state index in [-0.39, 0.29) is 5.56 Å². The highest BCUT2D eigenvalue weighted by Crippen LogP contribution is 2.29. The number of hydrogen-bond acceptors (Lipinski definition) is 4. The summed E-state index contributed by atoms with van der Waals surface area (Å²) in [7, 11) is 0. The van der Waals surface area contributed by atoms with Gasteiger partial charge in [0, 0.05) is 34.9 Å². The van der Waals surface area contributed by atoms with E-state index in [0.29, 0.717) is 17.6 Å². The van der Waals surface area contributed by atoms with Crippen LogP contribution < -0.4 is 11.1 Å². The highest BCUT2D eigenvalue weighted by atomic mass is 16.4. The average molecular weight is 403 g/mol. The number of hydrogen-bond donors (Lipinski definition) is 5.